The van der Waals surface area contributed by atoms with Crippen LogP contribution in [0.15, 0.2) is 194 Å². The Hall–Kier alpha value is -7.50. The van der Waals surface area contributed by atoms with Crippen molar-refractivity contribution in [1.82, 2.24) is 19.9 Å². The van der Waals surface area contributed by atoms with E-state index in [1.807, 2.05) is 66.9 Å². The van der Waals surface area contributed by atoms with Crippen LogP contribution in [0.1, 0.15) is 47.2 Å². The summed E-state index contributed by atoms with van der Waals surface area (Å²) in [5.74, 6) is 3.64. The van der Waals surface area contributed by atoms with E-state index in [-0.39, 0.29) is 5.41 Å². The second kappa shape index (κ2) is 13.6. The van der Waals surface area contributed by atoms with Crippen molar-refractivity contribution in [2.45, 2.75) is 24.7 Å². The number of aromatic nitrogens is 4. The molecule has 0 unspecified atom stereocenters. The lowest BCUT2D eigenvalue weighted by Crippen LogP contribution is -2.43. The Kier molecular flexibility index (Phi) is 7.99. The minimum atomic E-state index is -0.542. The normalized spacial score (nSPS) is 14.0. The first kappa shape index (κ1) is 34.7. The zero-order chi connectivity index (χ0) is 39.6. The van der Waals surface area contributed by atoms with Gasteiger partial charge in [0.2, 0.25) is 0 Å². The summed E-state index contributed by atoms with van der Waals surface area (Å²) in [6, 6.07) is 66.0. The molecule has 0 N–H and O–H groups in total. The Bertz CT molecular complexity index is 3000. The second-order valence-corrected chi connectivity index (χ2v) is 15.8. The molecule has 1 spiro atoms. The van der Waals surface area contributed by atoms with Crippen LogP contribution in [-0.4, -0.2) is 19.9 Å². The summed E-state index contributed by atoms with van der Waals surface area (Å²) in [4.78, 5) is 19.6. The molecule has 0 saturated carbocycles. The van der Waals surface area contributed by atoms with Crippen LogP contribution in [0.5, 0.6) is 11.5 Å². The molecule has 59 heavy (non-hydrogen) atoms. The van der Waals surface area contributed by atoms with E-state index in [2.05, 4.69) is 146 Å². The van der Waals surface area contributed by atoms with Crippen molar-refractivity contribution < 1.29 is 4.74 Å². The summed E-state index contributed by atoms with van der Waals surface area (Å²) in [6.45, 7) is 4.71. The Morgan fingerprint density at radius 1 is 0.356 bits per heavy atom. The van der Waals surface area contributed by atoms with Crippen molar-refractivity contribution >= 4 is 0 Å². The van der Waals surface area contributed by atoms with E-state index in [4.69, 9.17) is 19.7 Å². The molecular formula is C54H38N4O. The number of fused-ring (bicyclic) bond motifs is 8. The molecule has 280 valence electrons. The van der Waals surface area contributed by atoms with Crippen LogP contribution in [0.25, 0.3) is 56.5 Å². The lowest BCUT2D eigenvalue weighted by molar-refractivity contribution is 0.425. The first-order valence-electron chi connectivity index (χ1n) is 20.0. The molecular weight excluding hydrogens is 721 g/mol. The second-order valence-electron chi connectivity index (χ2n) is 15.8. The maximum atomic E-state index is 6.60. The van der Waals surface area contributed by atoms with E-state index in [0.29, 0.717) is 17.5 Å². The maximum absolute atomic E-state index is 6.60. The molecule has 2 aliphatic rings. The zero-order valence-corrected chi connectivity index (χ0v) is 32.7. The highest BCUT2D eigenvalue weighted by Gasteiger charge is 2.52. The van der Waals surface area contributed by atoms with Crippen LogP contribution >= 0.6 is 0 Å². The quantitative estimate of drug-likeness (QED) is 0.175. The average Bonchev–Trinajstić information content (AvgIpc) is 3.31. The SMILES string of the molecule is CC1(C)c2ccccc2C2(c3ccccc3Oc3ccccc32)c2ccc(-c3ccc(-c4nc(-c5ccccc5)nc(-c5cccc(-c6ccccn6)c5)n4)cc3)cc21. The van der Waals surface area contributed by atoms with Crippen LogP contribution in [0, 0.1) is 0 Å². The fourth-order valence-electron chi connectivity index (χ4n) is 9.30. The van der Waals surface area contributed by atoms with Gasteiger partial charge >= 0.3 is 0 Å². The Labute approximate surface area is 343 Å². The molecule has 9 aromatic rings. The van der Waals surface area contributed by atoms with Gasteiger partial charge in [0.1, 0.15) is 11.5 Å². The lowest BCUT2D eigenvalue weighted by Gasteiger charge is -2.50. The Balaban J connectivity index is 1.03. The highest BCUT2D eigenvalue weighted by Crippen LogP contribution is 2.61. The number of para-hydroxylation sites is 2. The summed E-state index contributed by atoms with van der Waals surface area (Å²) in [7, 11) is 0. The van der Waals surface area contributed by atoms with Gasteiger partial charge in [0.15, 0.2) is 17.5 Å². The molecule has 5 nitrogen and oxygen atoms in total. The van der Waals surface area contributed by atoms with Gasteiger partial charge in [0.05, 0.1) is 11.1 Å². The third kappa shape index (κ3) is 5.53. The molecule has 11 rings (SSSR count). The third-order valence-corrected chi connectivity index (χ3v) is 12.1. The smallest absolute Gasteiger partial charge is 0.164 e. The molecule has 0 amide bonds. The van der Waals surface area contributed by atoms with Gasteiger partial charge in [-0.2, -0.15) is 0 Å². The van der Waals surface area contributed by atoms with Crippen LogP contribution in [0.4, 0.5) is 0 Å². The summed E-state index contributed by atoms with van der Waals surface area (Å²) < 4.78 is 6.60. The van der Waals surface area contributed by atoms with E-state index < -0.39 is 5.41 Å². The van der Waals surface area contributed by atoms with Gasteiger partial charge in [-0.3, -0.25) is 4.98 Å². The molecule has 1 aliphatic heterocycles. The molecule has 0 radical (unpaired) electrons. The van der Waals surface area contributed by atoms with E-state index in [0.717, 1.165) is 61.7 Å². The molecule has 7 aromatic carbocycles. The van der Waals surface area contributed by atoms with Crippen LogP contribution in [0.2, 0.25) is 0 Å². The summed E-state index contributed by atoms with van der Waals surface area (Å²) in [5.41, 5.74) is 13.6. The standard InChI is InChI=1S/C54H38N4O/c1-53(2)41-19-6-7-20-42(41)54(44-21-8-10-24-48(44)59-49-25-11-9-22-45(49)54)43-31-30-38(34-46(43)53)35-26-28-37(29-27-35)51-56-50(36-15-4-3-5-16-36)57-52(58-51)40-18-14-17-39(33-40)47-23-12-13-32-55-47/h3-34H,1-2H3. The maximum Gasteiger partial charge on any atom is 0.164 e. The van der Waals surface area contributed by atoms with Crippen LogP contribution in [0.3, 0.4) is 0 Å². The predicted octanol–water partition coefficient (Wildman–Crippen LogP) is 12.7. The monoisotopic (exact) mass is 758 g/mol. The Morgan fingerprint density at radius 3 is 1.54 bits per heavy atom. The van der Waals surface area contributed by atoms with Crippen molar-refractivity contribution in [3.63, 3.8) is 0 Å². The third-order valence-electron chi connectivity index (χ3n) is 12.1. The highest BCUT2D eigenvalue weighted by molar-refractivity contribution is 5.79. The van der Waals surface area contributed by atoms with Gasteiger partial charge in [0, 0.05) is 45.0 Å². The average molecular weight is 759 g/mol. The number of benzene rings is 7. The van der Waals surface area contributed by atoms with E-state index >= 15 is 0 Å². The predicted molar refractivity (Wildman–Crippen MR) is 235 cm³/mol. The molecule has 0 saturated heterocycles. The minimum absolute atomic E-state index is 0.266. The van der Waals surface area contributed by atoms with E-state index in [1.165, 1.54) is 22.3 Å². The van der Waals surface area contributed by atoms with Crippen molar-refractivity contribution in [3.05, 3.63) is 228 Å². The number of hydrogen-bond acceptors (Lipinski definition) is 5. The number of ether oxygens (including phenoxy) is 1. The summed E-state index contributed by atoms with van der Waals surface area (Å²) in [6.07, 6.45) is 1.81. The molecule has 5 heteroatoms. The molecule has 2 aromatic heterocycles. The van der Waals surface area contributed by atoms with Gasteiger partial charge in [-0.1, -0.05) is 166 Å². The van der Waals surface area contributed by atoms with Gasteiger partial charge in [-0.15, -0.1) is 0 Å². The van der Waals surface area contributed by atoms with Crippen molar-refractivity contribution in [2.75, 3.05) is 0 Å². The minimum Gasteiger partial charge on any atom is -0.457 e. The zero-order valence-electron chi connectivity index (χ0n) is 32.7. The van der Waals surface area contributed by atoms with Gasteiger partial charge < -0.3 is 4.74 Å². The Morgan fingerprint density at radius 2 is 0.864 bits per heavy atom. The molecule has 0 atom stereocenters. The van der Waals surface area contributed by atoms with Gasteiger partial charge in [0.25, 0.3) is 0 Å². The van der Waals surface area contributed by atoms with Crippen LogP contribution in [-0.2, 0) is 10.8 Å². The van der Waals surface area contributed by atoms with Crippen molar-refractivity contribution in [3.8, 4) is 68.0 Å². The topological polar surface area (TPSA) is 60.8 Å². The van der Waals surface area contributed by atoms with E-state index in [1.54, 1.807) is 0 Å². The molecule has 0 fully saturated rings. The number of hydrogen-bond donors (Lipinski definition) is 0. The van der Waals surface area contributed by atoms with Crippen molar-refractivity contribution in [1.29, 1.82) is 0 Å². The molecule has 1 aliphatic carbocycles. The first-order chi connectivity index (χ1) is 29.0. The summed E-state index contributed by atoms with van der Waals surface area (Å²) in [5, 5.41) is 0. The number of nitrogens with zero attached hydrogens (tertiary/aromatic N) is 4. The summed E-state index contributed by atoms with van der Waals surface area (Å²) >= 11 is 0. The number of pyridine rings is 1. The fourth-order valence-corrected chi connectivity index (χ4v) is 9.30. The lowest BCUT2D eigenvalue weighted by atomic mass is 9.53. The van der Waals surface area contributed by atoms with Crippen molar-refractivity contribution in [2.24, 2.45) is 0 Å². The first-order valence-corrected chi connectivity index (χ1v) is 20.0. The largest absolute Gasteiger partial charge is 0.457 e. The molecule has 3 heterocycles. The molecule has 0 bridgehead atoms. The van der Waals surface area contributed by atoms with E-state index in [9.17, 15) is 0 Å². The number of rotatable bonds is 5. The van der Waals surface area contributed by atoms with Gasteiger partial charge in [-0.05, 0) is 69.8 Å². The van der Waals surface area contributed by atoms with Gasteiger partial charge in [-0.25, -0.2) is 15.0 Å². The van der Waals surface area contributed by atoms with Crippen LogP contribution < -0.4 is 4.74 Å². The fraction of sp³-hybridized carbons (Fsp3) is 0.0741. The highest BCUT2D eigenvalue weighted by atomic mass is 16.5.